The van der Waals surface area contributed by atoms with Gasteiger partial charge in [-0.3, -0.25) is 10.1 Å². The third-order valence-corrected chi connectivity index (χ3v) is 5.72. The Hall–Kier alpha value is -2.04. The number of allylic oxidation sites excluding steroid dienone is 2. The van der Waals surface area contributed by atoms with Crippen LogP contribution in [-0.2, 0) is 0 Å². The molecule has 2 aliphatic rings. The van der Waals surface area contributed by atoms with Crippen LogP contribution in [0.5, 0.6) is 0 Å². The van der Waals surface area contributed by atoms with E-state index in [9.17, 15) is 10.1 Å². The first-order valence-corrected chi connectivity index (χ1v) is 8.48. The van der Waals surface area contributed by atoms with Gasteiger partial charge in [-0.15, -0.1) is 0 Å². The summed E-state index contributed by atoms with van der Waals surface area (Å²) in [4.78, 5) is 11.1. The zero-order valence-corrected chi connectivity index (χ0v) is 14.1. The van der Waals surface area contributed by atoms with Gasteiger partial charge < -0.3 is 5.32 Å². The van der Waals surface area contributed by atoms with Gasteiger partial charge in [0.15, 0.2) is 0 Å². The summed E-state index contributed by atoms with van der Waals surface area (Å²) in [5.74, 6) is 0.400. The molecule has 0 radical (unpaired) electrons. The van der Waals surface area contributed by atoms with E-state index in [1.807, 2.05) is 18.2 Å². The summed E-state index contributed by atoms with van der Waals surface area (Å²) in [5, 5.41) is 15.8. The van der Waals surface area contributed by atoms with Crippen molar-refractivity contribution < 1.29 is 4.92 Å². The van der Waals surface area contributed by atoms with Gasteiger partial charge in [0.25, 0.3) is 5.69 Å². The van der Waals surface area contributed by atoms with Crippen molar-refractivity contribution in [2.45, 2.75) is 18.4 Å². The number of rotatable bonds is 2. The van der Waals surface area contributed by atoms with Crippen molar-refractivity contribution in [3.63, 3.8) is 0 Å². The monoisotopic (exact) mass is 360 g/mol. The highest BCUT2D eigenvalue weighted by molar-refractivity contribution is 6.42. The molecule has 4 rings (SSSR count). The molecule has 4 nitrogen and oxygen atoms in total. The van der Waals surface area contributed by atoms with Gasteiger partial charge in [-0.25, -0.2) is 0 Å². The molecule has 1 N–H and O–H groups in total. The van der Waals surface area contributed by atoms with Gasteiger partial charge in [-0.1, -0.05) is 59.6 Å². The SMILES string of the molecule is O=[N+]([O-])c1cccc2c1N[C@@H](c1cccc(Cl)c1Cl)[C@H]1CC=C[C@@H]21. The van der Waals surface area contributed by atoms with Gasteiger partial charge in [0.05, 0.1) is 21.0 Å². The zero-order chi connectivity index (χ0) is 16.8. The average Bonchev–Trinajstić information content (AvgIpc) is 3.06. The molecule has 0 amide bonds. The zero-order valence-electron chi connectivity index (χ0n) is 12.6. The average molecular weight is 361 g/mol. The summed E-state index contributed by atoms with van der Waals surface area (Å²) in [6.45, 7) is 0. The Morgan fingerprint density at radius 1 is 1.12 bits per heavy atom. The summed E-state index contributed by atoms with van der Waals surface area (Å²) in [6.07, 6.45) is 5.17. The number of benzene rings is 2. The lowest BCUT2D eigenvalue weighted by Gasteiger charge is -2.37. The van der Waals surface area contributed by atoms with E-state index in [1.54, 1.807) is 12.1 Å². The predicted molar refractivity (Wildman–Crippen MR) is 95.9 cm³/mol. The van der Waals surface area contributed by atoms with Crippen LogP contribution in [0, 0.1) is 16.0 Å². The van der Waals surface area contributed by atoms with Crippen LogP contribution < -0.4 is 5.32 Å². The highest BCUT2D eigenvalue weighted by atomic mass is 35.5. The highest BCUT2D eigenvalue weighted by Gasteiger charge is 2.41. The number of anilines is 1. The molecule has 2 aromatic rings. The normalized spacial score (nSPS) is 24.2. The van der Waals surface area contributed by atoms with Crippen molar-refractivity contribution >= 4 is 34.6 Å². The fourth-order valence-corrected chi connectivity index (χ4v) is 4.25. The molecular weight excluding hydrogens is 347 g/mol. The molecule has 0 saturated carbocycles. The molecule has 24 heavy (non-hydrogen) atoms. The summed E-state index contributed by atoms with van der Waals surface area (Å²) in [5.41, 5.74) is 2.52. The van der Waals surface area contributed by atoms with Crippen LogP contribution in [0.2, 0.25) is 10.0 Å². The maximum atomic E-state index is 11.4. The molecule has 6 heteroatoms. The summed E-state index contributed by atoms with van der Waals surface area (Å²) >= 11 is 12.6. The molecule has 0 fully saturated rings. The Kier molecular flexibility index (Phi) is 3.74. The quantitative estimate of drug-likeness (QED) is 0.422. The summed E-state index contributed by atoms with van der Waals surface area (Å²) in [7, 11) is 0. The van der Waals surface area contributed by atoms with Gasteiger partial charge in [0.2, 0.25) is 0 Å². The van der Waals surface area contributed by atoms with Crippen LogP contribution in [0.25, 0.3) is 0 Å². The van der Waals surface area contributed by atoms with E-state index in [-0.39, 0.29) is 28.5 Å². The van der Waals surface area contributed by atoms with Crippen molar-refractivity contribution in [1.29, 1.82) is 0 Å². The molecule has 1 heterocycles. The number of nitrogens with one attached hydrogen (secondary N) is 1. The van der Waals surface area contributed by atoms with E-state index in [0.29, 0.717) is 15.7 Å². The van der Waals surface area contributed by atoms with Crippen molar-refractivity contribution in [2.24, 2.45) is 5.92 Å². The van der Waals surface area contributed by atoms with Crippen molar-refractivity contribution in [2.75, 3.05) is 5.32 Å². The molecule has 122 valence electrons. The van der Waals surface area contributed by atoms with Gasteiger partial charge >= 0.3 is 0 Å². The molecule has 0 spiro atoms. The van der Waals surface area contributed by atoms with Gasteiger partial charge in [-0.2, -0.15) is 0 Å². The molecule has 0 aromatic heterocycles. The van der Waals surface area contributed by atoms with E-state index in [1.165, 1.54) is 6.07 Å². The maximum absolute atomic E-state index is 11.4. The number of para-hydroxylation sites is 1. The number of hydrogen-bond donors (Lipinski definition) is 1. The minimum Gasteiger partial charge on any atom is -0.372 e. The van der Waals surface area contributed by atoms with Gasteiger partial charge in [0.1, 0.15) is 5.69 Å². The molecule has 1 aliphatic carbocycles. The lowest BCUT2D eigenvalue weighted by molar-refractivity contribution is -0.384. The van der Waals surface area contributed by atoms with Crippen LogP contribution in [0.4, 0.5) is 11.4 Å². The molecule has 3 atom stereocenters. The van der Waals surface area contributed by atoms with Crippen molar-refractivity contribution in [1.82, 2.24) is 0 Å². The molecule has 0 saturated heterocycles. The van der Waals surface area contributed by atoms with Crippen molar-refractivity contribution in [3.05, 3.63) is 79.8 Å². The third kappa shape index (κ3) is 2.29. The first-order chi connectivity index (χ1) is 11.6. The van der Waals surface area contributed by atoms with E-state index >= 15 is 0 Å². The van der Waals surface area contributed by atoms with Crippen LogP contribution in [0.1, 0.15) is 29.5 Å². The minimum atomic E-state index is -0.346. The minimum absolute atomic E-state index is 0.0920. The van der Waals surface area contributed by atoms with Crippen LogP contribution in [-0.4, -0.2) is 4.92 Å². The van der Waals surface area contributed by atoms with E-state index < -0.39 is 0 Å². The second-order valence-electron chi connectivity index (χ2n) is 6.12. The fourth-order valence-electron chi connectivity index (χ4n) is 3.83. The van der Waals surface area contributed by atoms with Crippen LogP contribution >= 0.6 is 23.2 Å². The Morgan fingerprint density at radius 3 is 2.67 bits per heavy atom. The smallest absolute Gasteiger partial charge is 0.292 e. The second-order valence-corrected chi connectivity index (χ2v) is 6.90. The van der Waals surface area contributed by atoms with Crippen LogP contribution in [0.15, 0.2) is 48.6 Å². The lowest BCUT2D eigenvalue weighted by Crippen LogP contribution is -2.29. The van der Waals surface area contributed by atoms with E-state index in [0.717, 1.165) is 17.5 Å². The van der Waals surface area contributed by atoms with Gasteiger partial charge in [0, 0.05) is 12.0 Å². The van der Waals surface area contributed by atoms with Crippen molar-refractivity contribution in [3.8, 4) is 0 Å². The third-order valence-electron chi connectivity index (χ3n) is 4.89. The largest absolute Gasteiger partial charge is 0.372 e. The van der Waals surface area contributed by atoms with E-state index in [4.69, 9.17) is 23.2 Å². The fraction of sp³-hybridized carbons (Fsp3) is 0.222. The summed E-state index contributed by atoms with van der Waals surface area (Å²) < 4.78 is 0. The number of fused-ring (bicyclic) bond motifs is 3. The first-order valence-electron chi connectivity index (χ1n) is 7.72. The number of nitro benzene ring substituents is 1. The van der Waals surface area contributed by atoms with E-state index in [2.05, 4.69) is 17.5 Å². The summed E-state index contributed by atoms with van der Waals surface area (Å²) in [6, 6.07) is 10.6. The molecule has 0 unspecified atom stereocenters. The number of halogens is 2. The maximum Gasteiger partial charge on any atom is 0.292 e. The molecular formula is C18H14Cl2N2O2. The first kappa shape index (κ1) is 15.5. The second kappa shape index (κ2) is 5.80. The molecule has 0 bridgehead atoms. The Bertz CT molecular complexity index is 866. The molecule has 1 aliphatic heterocycles. The topological polar surface area (TPSA) is 55.2 Å². The number of hydrogen-bond acceptors (Lipinski definition) is 3. The molecule has 2 aromatic carbocycles. The predicted octanol–water partition coefficient (Wildman–Crippen LogP) is 5.73. The standard InChI is InChI=1S/C18H14Cl2N2O2/c19-14-8-2-7-13(16(14)20)17-11-5-1-4-10(11)12-6-3-9-15(22(23)24)18(12)21-17/h1-4,6-11,17,21H,5H2/t10-,11+,17-/m1/s1. The Labute approximate surface area is 149 Å². The number of nitrogens with zero attached hydrogens (tertiary/aromatic N) is 1. The van der Waals surface area contributed by atoms with Crippen LogP contribution in [0.3, 0.4) is 0 Å². The Balaban J connectivity index is 1.88. The number of nitro groups is 1. The van der Waals surface area contributed by atoms with Gasteiger partial charge in [-0.05, 0) is 29.5 Å². The lowest BCUT2D eigenvalue weighted by atomic mass is 9.77. The highest BCUT2D eigenvalue weighted by Crippen LogP contribution is 2.53. The Morgan fingerprint density at radius 2 is 1.88 bits per heavy atom.